The average molecular weight is 457 g/mol. The van der Waals surface area contributed by atoms with E-state index < -0.39 is 0 Å². The first kappa shape index (κ1) is 19.6. The second-order valence-electron chi connectivity index (χ2n) is 7.22. The number of hydrogen-bond acceptors (Lipinski definition) is 5. The summed E-state index contributed by atoms with van der Waals surface area (Å²) in [7, 11) is 0. The lowest BCUT2D eigenvalue weighted by molar-refractivity contribution is -0.122. The number of pyridine rings is 1. The number of aromatic nitrogens is 3. The van der Waals surface area contributed by atoms with Gasteiger partial charge in [-0.25, -0.2) is 0 Å². The number of carbonyl (C=O) groups is 1. The van der Waals surface area contributed by atoms with E-state index >= 15 is 0 Å². The second kappa shape index (κ2) is 8.73. The molecule has 0 saturated heterocycles. The first-order valence-electron chi connectivity index (χ1n) is 9.68. The SMILES string of the molecule is O=C(Cn1cc(-c2nc(-c3ccc(Br)cc3)no2)ccc1=O)NC1CCCCC1. The summed E-state index contributed by atoms with van der Waals surface area (Å²) < 4.78 is 7.70. The number of amides is 1. The fourth-order valence-corrected chi connectivity index (χ4v) is 3.78. The Morgan fingerprint density at radius 3 is 2.59 bits per heavy atom. The molecule has 29 heavy (non-hydrogen) atoms. The molecular formula is C21H21BrN4O3. The van der Waals surface area contributed by atoms with Crippen LogP contribution in [0, 0.1) is 0 Å². The minimum atomic E-state index is -0.250. The van der Waals surface area contributed by atoms with Crippen LogP contribution in [0.5, 0.6) is 0 Å². The number of hydrogen-bond donors (Lipinski definition) is 1. The van der Waals surface area contributed by atoms with Gasteiger partial charge in [-0.3, -0.25) is 9.59 Å². The predicted octanol–water partition coefficient (Wildman–Crippen LogP) is 3.78. The highest BCUT2D eigenvalue weighted by Crippen LogP contribution is 2.23. The van der Waals surface area contributed by atoms with Crippen molar-refractivity contribution in [1.82, 2.24) is 20.0 Å². The van der Waals surface area contributed by atoms with Crippen molar-refractivity contribution in [2.75, 3.05) is 0 Å². The molecule has 1 fully saturated rings. The lowest BCUT2D eigenvalue weighted by atomic mass is 9.95. The number of rotatable bonds is 5. The quantitative estimate of drug-likeness (QED) is 0.630. The lowest BCUT2D eigenvalue weighted by Crippen LogP contribution is -2.39. The molecule has 1 N–H and O–H groups in total. The number of benzene rings is 1. The molecule has 0 atom stereocenters. The maximum atomic E-state index is 12.4. The zero-order chi connectivity index (χ0) is 20.2. The van der Waals surface area contributed by atoms with E-state index in [0.717, 1.165) is 35.7 Å². The molecule has 3 aromatic rings. The van der Waals surface area contributed by atoms with Gasteiger partial charge >= 0.3 is 0 Å². The molecule has 1 amide bonds. The van der Waals surface area contributed by atoms with E-state index in [4.69, 9.17) is 4.52 Å². The molecule has 150 valence electrons. The lowest BCUT2D eigenvalue weighted by Gasteiger charge is -2.22. The molecule has 1 aliphatic rings. The molecule has 2 aromatic heterocycles. The fourth-order valence-electron chi connectivity index (χ4n) is 3.51. The maximum absolute atomic E-state index is 12.4. The number of halogens is 1. The van der Waals surface area contributed by atoms with Crippen molar-refractivity contribution < 1.29 is 9.32 Å². The molecule has 0 radical (unpaired) electrons. The average Bonchev–Trinajstić information content (AvgIpc) is 3.21. The second-order valence-corrected chi connectivity index (χ2v) is 8.13. The molecule has 4 rings (SSSR count). The Bertz CT molecular complexity index is 1050. The standard InChI is InChI=1S/C21H21BrN4O3/c22-16-9-6-14(7-10-16)20-24-21(29-25-20)15-8-11-19(28)26(12-15)13-18(27)23-17-4-2-1-3-5-17/h6-12,17H,1-5,13H2,(H,23,27). The van der Waals surface area contributed by atoms with Crippen LogP contribution in [0.3, 0.4) is 0 Å². The van der Waals surface area contributed by atoms with Gasteiger partial charge in [0.25, 0.3) is 11.4 Å². The van der Waals surface area contributed by atoms with Crippen molar-refractivity contribution in [3.05, 3.63) is 57.4 Å². The Labute approximate surface area is 176 Å². The van der Waals surface area contributed by atoms with E-state index in [9.17, 15) is 9.59 Å². The van der Waals surface area contributed by atoms with Crippen LogP contribution < -0.4 is 10.9 Å². The van der Waals surface area contributed by atoms with Gasteiger partial charge in [0.15, 0.2) is 0 Å². The molecule has 8 heteroatoms. The van der Waals surface area contributed by atoms with Crippen LogP contribution in [-0.2, 0) is 11.3 Å². The fraction of sp³-hybridized carbons (Fsp3) is 0.333. The number of nitrogens with zero attached hydrogens (tertiary/aromatic N) is 3. The first-order valence-corrected chi connectivity index (χ1v) is 10.5. The smallest absolute Gasteiger partial charge is 0.259 e. The minimum absolute atomic E-state index is 0.0309. The van der Waals surface area contributed by atoms with Gasteiger partial charge in [0.1, 0.15) is 6.54 Å². The summed E-state index contributed by atoms with van der Waals surface area (Å²) in [6.45, 7) is -0.0309. The van der Waals surface area contributed by atoms with Gasteiger partial charge in [0.05, 0.1) is 5.56 Å². The summed E-state index contributed by atoms with van der Waals surface area (Å²) in [6.07, 6.45) is 7.08. The van der Waals surface area contributed by atoms with Gasteiger partial charge in [0, 0.05) is 28.3 Å². The molecule has 1 aromatic carbocycles. The molecule has 0 spiro atoms. The van der Waals surface area contributed by atoms with Gasteiger partial charge in [-0.05, 0) is 43.2 Å². The van der Waals surface area contributed by atoms with E-state index in [0.29, 0.717) is 17.3 Å². The molecule has 1 aliphatic carbocycles. The molecule has 7 nitrogen and oxygen atoms in total. The van der Waals surface area contributed by atoms with Crippen molar-refractivity contribution in [3.8, 4) is 22.8 Å². The zero-order valence-corrected chi connectivity index (χ0v) is 17.4. The predicted molar refractivity (Wildman–Crippen MR) is 112 cm³/mol. The van der Waals surface area contributed by atoms with Gasteiger partial charge in [-0.1, -0.05) is 40.3 Å². The monoisotopic (exact) mass is 456 g/mol. The van der Waals surface area contributed by atoms with E-state index in [-0.39, 0.29) is 24.1 Å². The zero-order valence-electron chi connectivity index (χ0n) is 15.8. The summed E-state index contributed by atoms with van der Waals surface area (Å²) in [5.74, 6) is 0.599. The van der Waals surface area contributed by atoms with Crippen LogP contribution in [-0.4, -0.2) is 26.7 Å². The summed E-state index contributed by atoms with van der Waals surface area (Å²) in [5, 5.41) is 7.04. The molecule has 2 heterocycles. The summed E-state index contributed by atoms with van der Waals surface area (Å²) in [4.78, 5) is 29.0. The third kappa shape index (κ3) is 4.82. The number of carbonyl (C=O) groups excluding carboxylic acids is 1. The van der Waals surface area contributed by atoms with Gasteiger partial charge in [-0.15, -0.1) is 0 Å². The highest BCUT2D eigenvalue weighted by molar-refractivity contribution is 9.10. The molecule has 0 aliphatic heterocycles. The molecular weight excluding hydrogens is 436 g/mol. The topological polar surface area (TPSA) is 90.0 Å². The van der Waals surface area contributed by atoms with Crippen molar-refractivity contribution in [1.29, 1.82) is 0 Å². The Morgan fingerprint density at radius 1 is 1.10 bits per heavy atom. The summed E-state index contributed by atoms with van der Waals surface area (Å²) in [5.41, 5.74) is 1.16. The van der Waals surface area contributed by atoms with E-state index in [1.807, 2.05) is 24.3 Å². The van der Waals surface area contributed by atoms with E-state index in [1.165, 1.54) is 17.1 Å². The van der Waals surface area contributed by atoms with Gasteiger partial charge in [-0.2, -0.15) is 4.98 Å². The van der Waals surface area contributed by atoms with Crippen molar-refractivity contribution in [2.45, 2.75) is 44.7 Å². The first-order chi connectivity index (χ1) is 14.1. The Hall–Kier alpha value is -2.74. The highest BCUT2D eigenvalue weighted by Gasteiger charge is 2.17. The third-order valence-electron chi connectivity index (χ3n) is 5.04. The Kier molecular flexibility index (Phi) is 5.89. The third-order valence-corrected chi connectivity index (χ3v) is 5.57. The highest BCUT2D eigenvalue weighted by atomic mass is 79.9. The molecule has 0 bridgehead atoms. The van der Waals surface area contributed by atoms with Crippen LogP contribution in [0.4, 0.5) is 0 Å². The maximum Gasteiger partial charge on any atom is 0.259 e. The van der Waals surface area contributed by atoms with Crippen LogP contribution in [0.25, 0.3) is 22.8 Å². The van der Waals surface area contributed by atoms with E-state index in [2.05, 4.69) is 31.4 Å². The Morgan fingerprint density at radius 2 is 1.83 bits per heavy atom. The van der Waals surface area contributed by atoms with E-state index in [1.54, 1.807) is 12.3 Å². The summed E-state index contributed by atoms with van der Waals surface area (Å²) >= 11 is 3.40. The molecule has 1 saturated carbocycles. The van der Waals surface area contributed by atoms with Crippen LogP contribution in [0.1, 0.15) is 32.1 Å². The van der Waals surface area contributed by atoms with Gasteiger partial charge < -0.3 is 14.4 Å². The van der Waals surface area contributed by atoms with Gasteiger partial charge in [0.2, 0.25) is 11.7 Å². The van der Waals surface area contributed by atoms with Crippen LogP contribution in [0.2, 0.25) is 0 Å². The van der Waals surface area contributed by atoms with Crippen molar-refractivity contribution >= 4 is 21.8 Å². The van der Waals surface area contributed by atoms with Crippen LogP contribution >= 0.6 is 15.9 Å². The summed E-state index contributed by atoms with van der Waals surface area (Å²) in [6, 6.07) is 10.8. The normalized spacial score (nSPS) is 14.7. The van der Waals surface area contributed by atoms with Crippen molar-refractivity contribution in [3.63, 3.8) is 0 Å². The van der Waals surface area contributed by atoms with Crippen molar-refractivity contribution in [2.24, 2.45) is 0 Å². The van der Waals surface area contributed by atoms with Crippen LogP contribution in [0.15, 0.2) is 56.4 Å². The molecule has 0 unspecified atom stereocenters. The minimum Gasteiger partial charge on any atom is -0.352 e. The number of nitrogens with one attached hydrogen (secondary N) is 1. The Balaban J connectivity index is 1.50. The largest absolute Gasteiger partial charge is 0.352 e.